The third kappa shape index (κ3) is 2.28. The summed E-state index contributed by atoms with van der Waals surface area (Å²) in [5.41, 5.74) is 0.660. The molecule has 1 amide bonds. The summed E-state index contributed by atoms with van der Waals surface area (Å²) in [6.45, 7) is -0.0123. The molecule has 2 unspecified atom stereocenters. The van der Waals surface area contributed by atoms with E-state index in [0.717, 1.165) is 0 Å². The van der Waals surface area contributed by atoms with Crippen LogP contribution in [0, 0.1) is 29.1 Å². The maximum Gasteiger partial charge on any atom is 0.228 e. The summed E-state index contributed by atoms with van der Waals surface area (Å²) in [6.07, 6.45) is 3.64. The van der Waals surface area contributed by atoms with Gasteiger partial charge in [0.05, 0.1) is 5.69 Å². The number of benzene rings is 1. The Morgan fingerprint density at radius 1 is 1.37 bits per heavy atom. The molecule has 2 atom stereocenters. The number of nitrogens with one attached hydrogen (secondary N) is 1. The van der Waals surface area contributed by atoms with Gasteiger partial charge in [0.25, 0.3) is 0 Å². The lowest BCUT2D eigenvalue weighted by Crippen LogP contribution is -2.17. The highest BCUT2D eigenvalue weighted by molar-refractivity contribution is 5.96. The van der Waals surface area contributed by atoms with Crippen LogP contribution in [-0.4, -0.2) is 12.5 Å². The van der Waals surface area contributed by atoms with Crippen molar-refractivity contribution in [3.05, 3.63) is 24.3 Å². The van der Waals surface area contributed by atoms with Gasteiger partial charge in [-0.3, -0.25) is 4.79 Å². The number of amides is 1. The van der Waals surface area contributed by atoms with E-state index in [1.165, 1.54) is 19.3 Å². The number of anilines is 1. The number of nitrogens with zero attached hydrogens (tertiary/aromatic N) is 1. The van der Waals surface area contributed by atoms with Crippen molar-refractivity contribution in [1.82, 2.24) is 0 Å². The molecule has 0 radical (unpaired) electrons. The summed E-state index contributed by atoms with van der Waals surface area (Å²) in [7, 11) is 0. The van der Waals surface area contributed by atoms with Crippen molar-refractivity contribution in [2.45, 2.75) is 19.3 Å². The van der Waals surface area contributed by atoms with Crippen molar-refractivity contribution in [1.29, 1.82) is 5.26 Å². The average molecular weight is 256 g/mol. The second-order valence-electron chi connectivity index (χ2n) is 5.22. The quantitative estimate of drug-likeness (QED) is 0.900. The molecule has 0 saturated heterocycles. The molecule has 0 aromatic heterocycles. The zero-order chi connectivity index (χ0) is 13.2. The number of hydrogen-bond donors (Lipinski definition) is 1. The van der Waals surface area contributed by atoms with Gasteiger partial charge < -0.3 is 10.1 Å². The standard InChI is InChI=1S/C15H16N2O2/c16-8-9-19-13-7-2-1-6-12(13)17-15(18)14-10-4-3-5-11(10)14/h1-2,6-7,10-11,14H,3-5,9H2,(H,17,18). The molecule has 0 spiro atoms. The van der Waals surface area contributed by atoms with Gasteiger partial charge in [0.15, 0.2) is 6.61 Å². The zero-order valence-corrected chi connectivity index (χ0v) is 10.6. The average Bonchev–Trinajstić information content (AvgIpc) is 2.92. The molecule has 0 aliphatic heterocycles. The van der Waals surface area contributed by atoms with Crippen LogP contribution < -0.4 is 10.1 Å². The lowest BCUT2D eigenvalue weighted by molar-refractivity contribution is -0.118. The number of carbonyl (C=O) groups excluding carboxylic acids is 1. The Morgan fingerprint density at radius 2 is 2.11 bits per heavy atom. The van der Waals surface area contributed by atoms with Gasteiger partial charge in [0.2, 0.25) is 5.91 Å². The van der Waals surface area contributed by atoms with E-state index < -0.39 is 0 Å². The zero-order valence-electron chi connectivity index (χ0n) is 10.6. The van der Waals surface area contributed by atoms with Gasteiger partial charge in [-0.25, -0.2) is 0 Å². The molecule has 0 bridgehead atoms. The number of nitriles is 1. The van der Waals surface area contributed by atoms with E-state index in [1.807, 2.05) is 24.3 Å². The van der Waals surface area contributed by atoms with Crippen LogP contribution in [0.15, 0.2) is 24.3 Å². The maximum absolute atomic E-state index is 12.2. The molecule has 1 aromatic rings. The summed E-state index contributed by atoms with van der Waals surface area (Å²) >= 11 is 0. The van der Waals surface area contributed by atoms with Crippen molar-refractivity contribution < 1.29 is 9.53 Å². The Hall–Kier alpha value is -2.02. The molecule has 1 aromatic carbocycles. The van der Waals surface area contributed by atoms with Gasteiger partial charge in [-0.2, -0.15) is 5.26 Å². The molecule has 2 aliphatic rings. The number of hydrogen-bond acceptors (Lipinski definition) is 3. The summed E-state index contributed by atoms with van der Waals surface area (Å²) in [5, 5.41) is 11.5. The van der Waals surface area contributed by atoms with Gasteiger partial charge >= 0.3 is 0 Å². The van der Waals surface area contributed by atoms with Crippen molar-refractivity contribution in [3.63, 3.8) is 0 Å². The van der Waals surface area contributed by atoms with Crippen molar-refractivity contribution >= 4 is 11.6 Å². The Kier molecular flexibility index (Phi) is 3.12. The van der Waals surface area contributed by atoms with E-state index in [9.17, 15) is 4.79 Å². The SMILES string of the molecule is N#CCOc1ccccc1NC(=O)C1C2CCCC21. The van der Waals surface area contributed by atoms with Crippen LogP contribution in [0.25, 0.3) is 0 Å². The monoisotopic (exact) mass is 256 g/mol. The highest BCUT2D eigenvalue weighted by Gasteiger charge is 2.56. The van der Waals surface area contributed by atoms with Crippen molar-refractivity contribution in [3.8, 4) is 11.8 Å². The minimum Gasteiger partial charge on any atom is -0.477 e. The van der Waals surface area contributed by atoms with E-state index in [-0.39, 0.29) is 18.4 Å². The molecule has 3 rings (SSSR count). The first-order valence-electron chi connectivity index (χ1n) is 6.71. The second-order valence-corrected chi connectivity index (χ2v) is 5.22. The first kappa shape index (κ1) is 12.0. The van der Waals surface area contributed by atoms with E-state index in [1.54, 1.807) is 6.07 Å². The van der Waals surface area contributed by atoms with Crippen LogP contribution in [0.1, 0.15) is 19.3 Å². The lowest BCUT2D eigenvalue weighted by atomic mass is 10.1. The highest BCUT2D eigenvalue weighted by atomic mass is 16.5. The van der Waals surface area contributed by atoms with E-state index in [4.69, 9.17) is 10.00 Å². The summed E-state index contributed by atoms with van der Waals surface area (Å²) < 4.78 is 5.31. The minimum atomic E-state index is -0.0123. The number of ether oxygens (including phenoxy) is 1. The summed E-state index contributed by atoms with van der Waals surface area (Å²) in [4.78, 5) is 12.2. The summed E-state index contributed by atoms with van der Waals surface area (Å²) in [6, 6.07) is 9.18. The predicted octanol–water partition coefficient (Wildman–Crippen LogP) is 2.57. The molecular weight excluding hydrogens is 240 g/mol. The molecule has 4 heteroatoms. The largest absolute Gasteiger partial charge is 0.477 e. The molecular formula is C15H16N2O2. The number of rotatable bonds is 4. The fraction of sp³-hybridized carbons (Fsp3) is 0.467. The molecule has 1 N–H and O–H groups in total. The van der Waals surface area contributed by atoms with Gasteiger partial charge in [-0.15, -0.1) is 0 Å². The number of para-hydroxylation sites is 2. The molecule has 2 fully saturated rings. The van der Waals surface area contributed by atoms with Crippen LogP contribution in [-0.2, 0) is 4.79 Å². The summed E-state index contributed by atoms with van der Waals surface area (Å²) in [5.74, 6) is 2.06. The third-order valence-electron chi connectivity index (χ3n) is 4.15. The van der Waals surface area contributed by atoms with E-state index in [2.05, 4.69) is 5.32 Å². The number of fused-ring (bicyclic) bond motifs is 1. The van der Waals surface area contributed by atoms with Crippen LogP contribution in [0.3, 0.4) is 0 Å². The van der Waals surface area contributed by atoms with Crippen molar-refractivity contribution in [2.75, 3.05) is 11.9 Å². The molecule has 98 valence electrons. The van der Waals surface area contributed by atoms with E-state index >= 15 is 0 Å². The fourth-order valence-corrected chi connectivity index (χ4v) is 3.23. The Morgan fingerprint density at radius 3 is 2.84 bits per heavy atom. The third-order valence-corrected chi connectivity index (χ3v) is 4.15. The highest BCUT2D eigenvalue weighted by Crippen LogP contribution is 2.57. The number of carbonyl (C=O) groups is 1. The first-order valence-corrected chi connectivity index (χ1v) is 6.71. The first-order chi connectivity index (χ1) is 9.31. The molecule has 19 heavy (non-hydrogen) atoms. The topological polar surface area (TPSA) is 62.1 Å². The van der Waals surface area contributed by atoms with Crippen LogP contribution in [0.4, 0.5) is 5.69 Å². The Balaban J connectivity index is 1.66. The minimum absolute atomic E-state index is 0.0123. The maximum atomic E-state index is 12.2. The van der Waals surface area contributed by atoms with Crippen molar-refractivity contribution in [2.24, 2.45) is 17.8 Å². The molecule has 2 saturated carbocycles. The second kappa shape index (κ2) is 4.93. The van der Waals surface area contributed by atoms with E-state index in [0.29, 0.717) is 23.3 Å². The van der Waals surface area contributed by atoms with Gasteiger partial charge in [0.1, 0.15) is 11.8 Å². The lowest BCUT2D eigenvalue weighted by Gasteiger charge is -2.11. The van der Waals surface area contributed by atoms with Crippen LogP contribution >= 0.6 is 0 Å². The Labute approximate surface area is 112 Å². The van der Waals surface area contributed by atoms with Gasteiger partial charge in [-0.1, -0.05) is 18.6 Å². The van der Waals surface area contributed by atoms with Gasteiger partial charge in [0, 0.05) is 5.92 Å². The molecule has 0 heterocycles. The Bertz CT molecular complexity index is 525. The van der Waals surface area contributed by atoms with Crippen LogP contribution in [0.2, 0.25) is 0 Å². The predicted molar refractivity (Wildman–Crippen MR) is 70.5 cm³/mol. The normalized spacial score (nSPS) is 27.2. The smallest absolute Gasteiger partial charge is 0.228 e. The molecule has 2 aliphatic carbocycles. The van der Waals surface area contributed by atoms with Crippen LogP contribution in [0.5, 0.6) is 5.75 Å². The fourth-order valence-electron chi connectivity index (χ4n) is 3.23. The van der Waals surface area contributed by atoms with Gasteiger partial charge in [-0.05, 0) is 36.8 Å². The molecule has 4 nitrogen and oxygen atoms in total.